The largest absolute Gasteiger partial charge is 0.480 e. The van der Waals surface area contributed by atoms with Crippen LogP contribution >= 0.6 is 15.9 Å². The molecular formula is C27H37BrN8O2. The van der Waals surface area contributed by atoms with E-state index in [9.17, 15) is 9.90 Å². The smallest absolute Gasteiger partial charge is 0.326 e. The fourth-order valence-corrected chi connectivity index (χ4v) is 4.94. The van der Waals surface area contributed by atoms with Gasteiger partial charge in [-0.25, -0.2) is 19.7 Å². The van der Waals surface area contributed by atoms with Crippen LogP contribution in [0.4, 0.5) is 11.8 Å². The van der Waals surface area contributed by atoms with Crippen molar-refractivity contribution in [2.24, 2.45) is 0 Å². The van der Waals surface area contributed by atoms with E-state index >= 15 is 0 Å². The summed E-state index contributed by atoms with van der Waals surface area (Å²) in [7, 11) is 0. The van der Waals surface area contributed by atoms with E-state index in [1.54, 1.807) is 12.4 Å². The van der Waals surface area contributed by atoms with Crippen LogP contribution in [-0.4, -0.2) is 72.9 Å². The summed E-state index contributed by atoms with van der Waals surface area (Å²) >= 11 is 3.30. The monoisotopic (exact) mass is 584 g/mol. The standard InChI is InChI=1S/C27H37BrN8O2/c1-19-16-20(2)36(34-19)15-14-35(13-10-24(26(37)38)33-27-30-17-22(28)18-31-27)12-4-3-7-23-9-8-21-6-5-11-29-25(21)32-23/h8-9,16-18,24H,3-7,10-15H2,1-2H3,(H,29,32)(H,37,38)(H,30,31,33). The second kappa shape index (κ2) is 13.7. The third-order valence-corrected chi connectivity index (χ3v) is 7.21. The van der Waals surface area contributed by atoms with Crippen LogP contribution in [0.1, 0.15) is 48.3 Å². The molecule has 4 rings (SSSR count). The third-order valence-electron chi connectivity index (χ3n) is 6.80. The molecule has 1 aliphatic heterocycles. The molecule has 3 aromatic heterocycles. The van der Waals surface area contributed by atoms with E-state index < -0.39 is 12.0 Å². The van der Waals surface area contributed by atoms with Gasteiger partial charge in [-0.3, -0.25) is 4.68 Å². The molecule has 3 aromatic rings. The number of pyridine rings is 1. The van der Waals surface area contributed by atoms with Crippen LogP contribution in [0.3, 0.4) is 0 Å². The van der Waals surface area contributed by atoms with Gasteiger partial charge in [-0.1, -0.05) is 6.07 Å². The highest BCUT2D eigenvalue weighted by atomic mass is 79.9. The Hall–Kier alpha value is -3.05. The number of aromatic nitrogens is 5. The lowest BCUT2D eigenvalue weighted by Gasteiger charge is -2.24. The first-order chi connectivity index (χ1) is 18.4. The van der Waals surface area contributed by atoms with Gasteiger partial charge in [-0.05, 0) is 92.5 Å². The molecule has 11 heteroatoms. The van der Waals surface area contributed by atoms with Gasteiger partial charge >= 0.3 is 5.97 Å². The number of hydrogen-bond donors (Lipinski definition) is 3. The number of nitrogens with zero attached hydrogens (tertiary/aromatic N) is 6. The van der Waals surface area contributed by atoms with Gasteiger partial charge in [0.25, 0.3) is 0 Å². The normalized spacial score (nSPS) is 13.7. The van der Waals surface area contributed by atoms with Crippen molar-refractivity contribution in [3.8, 4) is 0 Å². The number of aliphatic carboxylic acids is 1. The Bertz CT molecular complexity index is 1200. The fraction of sp³-hybridized carbons (Fsp3) is 0.519. The highest BCUT2D eigenvalue weighted by molar-refractivity contribution is 9.10. The van der Waals surface area contributed by atoms with Crippen LogP contribution in [-0.2, 0) is 24.2 Å². The number of carbonyl (C=O) groups is 1. The fourth-order valence-electron chi connectivity index (χ4n) is 4.73. The Morgan fingerprint density at radius 3 is 2.76 bits per heavy atom. The van der Waals surface area contributed by atoms with Gasteiger partial charge in [0, 0.05) is 43.4 Å². The summed E-state index contributed by atoms with van der Waals surface area (Å²) < 4.78 is 2.77. The van der Waals surface area contributed by atoms with E-state index in [4.69, 9.17) is 4.98 Å². The maximum Gasteiger partial charge on any atom is 0.326 e. The van der Waals surface area contributed by atoms with Crippen molar-refractivity contribution in [3.05, 3.63) is 57.7 Å². The van der Waals surface area contributed by atoms with Gasteiger partial charge in [0.1, 0.15) is 11.9 Å². The molecule has 4 heterocycles. The number of hydrogen-bond acceptors (Lipinski definition) is 8. The first-order valence-corrected chi connectivity index (χ1v) is 14.1. The van der Waals surface area contributed by atoms with Gasteiger partial charge in [0.15, 0.2) is 0 Å². The number of carboxylic acids is 1. The van der Waals surface area contributed by atoms with Crippen LogP contribution in [0.5, 0.6) is 0 Å². The molecule has 1 aliphatic rings. The Labute approximate surface area is 232 Å². The predicted octanol–water partition coefficient (Wildman–Crippen LogP) is 4.09. The van der Waals surface area contributed by atoms with Crippen molar-refractivity contribution in [1.82, 2.24) is 29.6 Å². The van der Waals surface area contributed by atoms with Crippen molar-refractivity contribution in [1.29, 1.82) is 0 Å². The average Bonchev–Trinajstić information content (AvgIpc) is 3.24. The Kier molecular flexibility index (Phi) is 10.1. The van der Waals surface area contributed by atoms with E-state index in [1.807, 2.05) is 11.6 Å². The van der Waals surface area contributed by atoms with E-state index in [0.29, 0.717) is 18.9 Å². The molecule has 0 spiro atoms. The van der Waals surface area contributed by atoms with Gasteiger partial charge in [-0.2, -0.15) is 5.10 Å². The maximum atomic E-state index is 12.0. The number of carboxylic acid groups (broad SMARTS) is 1. The van der Waals surface area contributed by atoms with Crippen LogP contribution in [0.15, 0.2) is 35.1 Å². The summed E-state index contributed by atoms with van der Waals surface area (Å²) in [5.41, 5.74) is 4.57. The van der Waals surface area contributed by atoms with E-state index in [-0.39, 0.29) is 0 Å². The van der Waals surface area contributed by atoms with Crippen LogP contribution < -0.4 is 10.6 Å². The molecular weight excluding hydrogens is 548 g/mol. The maximum absolute atomic E-state index is 12.0. The van der Waals surface area contributed by atoms with Crippen molar-refractivity contribution in [3.63, 3.8) is 0 Å². The van der Waals surface area contributed by atoms with Crippen LogP contribution in [0.2, 0.25) is 0 Å². The van der Waals surface area contributed by atoms with Crippen LogP contribution in [0, 0.1) is 13.8 Å². The van der Waals surface area contributed by atoms with Gasteiger partial charge in [0.2, 0.25) is 5.95 Å². The molecule has 0 aliphatic carbocycles. The lowest BCUT2D eigenvalue weighted by Crippen LogP contribution is -2.37. The third kappa shape index (κ3) is 8.22. The van der Waals surface area contributed by atoms with Crippen molar-refractivity contribution < 1.29 is 9.90 Å². The van der Waals surface area contributed by atoms with Crippen molar-refractivity contribution in [2.75, 3.05) is 36.8 Å². The molecule has 10 nitrogen and oxygen atoms in total. The zero-order valence-corrected chi connectivity index (χ0v) is 23.7. The van der Waals surface area contributed by atoms with E-state index in [2.05, 4.69) is 71.7 Å². The highest BCUT2D eigenvalue weighted by Crippen LogP contribution is 2.20. The molecule has 0 radical (unpaired) electrons. The lowest BCUT2D eigenvalue weighted by molar-refractivity contribution is -0.138. The zero-order chi connectivity index (χ0) is 26.9. The van der Waals surface area contributed by atoms with Gasteiger partial charge in [0.05, 0.1) is 16.7 Å². The van der Waals surface area contributed by atoms with Crippen molar-refractivity contribution in [2.45, 2.75) is 65.0 Å². The number of aryl methyl sites for hydroxylation is 4. The number of halogens is 1. The minimum Gasteiger partial charge on any atom is -0.480 e. The molecule has 1 unspecified atom stereocenters. The Morgan fingerprint density at radius 2 is 2.03 bits per heavy atom. The zero-order valence-electron chi connectivity index (χ0n) is 22.2. The van der Waals surface area contributed by atoms with Crippen LogP contribution in [0.25, 0.3) is 0 Å². The molecule has 0 saturated heterocycles. The average molecular weight is 586 g/mol. The second-order valence-electron chi connectivity index (χ2n) is 9.84. The number of nitrogens with one attached hydrogen (secondary N) is 2. The first-order valence-electron chi connectivity index (χ1n) is 13.3. The topological polar surface area (TPSA) is 121 Å². The minimum atomic E-state index is -0.915. The molecule has 3 N–H and O–H groups in total. The summed E-state index contributed by atoms with van der Waals surface area (Å²) in [6.07, 6.45) is 8.85. The summed E-state index contributed by atoms with van der Waals surface area (Å²) in [6.45, 7) is 8.13. The summed E-state index contributed by atoms with van der Waals surface area (Å²) in [5.74, 6) is 0.436. The lowest BCUT2D eigenvalue weighted by atomic mass is 10.1. The molecule has 0 fully saturated rings. The molecule has 204 valence electrons. The number of rotatable bonds is 14. The first kappa shape index (κ1) is 28.0. The predicted molar refractivity (Wildman–Crippen MR) is 152 cm³/mol. The molecule has 0 saturated carbocycles. The summed E-state index contributed by atoms with van der Waals surface area (Å²) in [4.78, 5) is 27.4. The number of anilines is 2. The minimum absolute atomic E-state index is 0.307. The molecule has 0 bridgehead atoms. The quantitative estimate of drug-likeness (QED) is 0.240. The Balaban J connectivity index is 1.32. The summed E-state index contributed by atoms with van der Waals surface area (Å²) in [6, 6.07) is 5.66. The SMILES string of the molecule is Cc1cc(C)n(CCN(CCCCc2ccc3c(n2)NCCC3)CCC(Nc2ncc(Br)cn2)C(=O)O)n1. The second-order valence-corrected chi connectivity index (χ2v) is 10.8. The van der Waals surface area contributed by atoms with E-state index in [1.165, 1.54) is 5.56 Å². The van der Waals surface area contributed by atoms with E-state index in [0.717, 1.165) is 85.7 Å². The molecule has 0 amide bonds. The van der Waals surface area contributed by atoms with Crippen molar-refractivity contribution >= 4 is 33.7 Å². The number of unbranched alkanes of at least 4 members (excludes halogenated alkanes) is 1. The molecule has 1 atom stereocenters. The molecule has 0 aromatic carbocycles. The molecule has 38 heavy (non-hydrogen) atoms. The van der Waals surface area contributed by atoms with Gasteiger partial charge < -0.3 is 20.6 Å². The Morgan fingerprint density at radius 1 is 1.21 bits per heavy atom. The number of fused-ring (bicyclic) bond motifs is 1. The summed E-state index contributed by atoms with van der Waals surface area (Å²) in [5, 5.41) is 20.8. The van der Waals surface area contributed by atoms with Gasteiger partial charge in [-0.15, -0.1) is 0 Å². The highest BCUT2D eigenvalue weighted by Gasteiger charge is 2.20.